The van der Waals surface area contributed by atoms with Gasteiger partial charge < -0.3 is 20.7 Å². The van der Waals surface area contributed by atoms with Crippen LogP contribution in [0.5, 0.6) is 0 Å². The zero-order valence-corrected chi connectivity index (χ0v) is 21.1. The molecule has 11 nitrogen and oxygen atoms in total. The highest BCUT2D eigenvalue weighted by Gasteiger charge is 2.33. The number of aryl methyl sites for hydroxylation is 1. The molecule has 1 unspecified atom stereocenters. The Morgan fingerprint density at radius 3 is 2.67 bits per heavy atom. The van der Waals surface area contributed by atoms with E-state index in [4.69, 9.17) is 28.9 Å². The summed E-state index contributed by atoms with van der Waals surface area (Å²) in [4.78, 5) is 29.0. The lowest BCUT2D eigenvalue weighted by atomic mass is 9.99. The number of aromatic nitrogens is 2. The van der Waals surface area contributed by atoms with E-state index in [9.17, 15) is 23.3 Å². The number of carbonyl (C=O) groups excluding carboxylic acids is 1. The lowest BCUT2D eigenvalue weighted by Crippen LogP contribution is -2.50. The van der Waals surface area contributed by atoms with Gasteiger partial charge in [0.25, 0.3) is 0 Å². The van der Waals surface area contributed by atoms with Crippen molar-refractivity contribution in [3.8, 4) is 0 Å². The quantitative estimate of drug-likeness (QED) is 0.247. The van der Waals surface area contributed by atoms with Crippen LogP contribution < -0.4 is 10.5 Å². The summed E-state index contributed by atoms with van der Waals surface area (Å²) in [5, 5.41) is 11.2. The van der Waals surface area contributed by atoms with E-state index in [1.165, 1.54) is 29.1 Å². The lowest BCUT2D eigenvalue weighted by Gasteiger charge is -2.32. The number of imidazole rings is 1. The molecule has 0 bridgehead atoms. The van der Waals surface area contributed by atoms with E-state index in [0.29, 0.717) is 19.5 Å². The van der Waals surface area contributed by atoms with Crippen LogP contribution in [-0.2, 0) is 34.3 Å². The molecule has 0 saturated heterocycles. The number of nitrogen functional groups attached to an aromatic ring is 1. The van der Waals surface area contributed by atoms with Gasteiger partial charge in [-0.05, 0) is 34.6 Å². The van der Waals surface area contributed by atoms with E-state index in [1.807, 2.05) is 24.3 Å². The number of rotatable bonds is 8. The summed E-state index contributed by atoms with van der Waals surface area (Å²) < 4.78 is 30.3. The van der Waals surface area contributed by atoms with Gasteiger partial charge in [0, 0.05) is 24.5 Å². The minimum absolute atomic E-state index is 0.0382. The first kappa shape index (κ1) is 25.9. The predicted molar refractivity (Wildman–Crippen MR) is 134 cm³/mol. The van der Waals surface area contributed by atoms with Crippen LogP contribution in [0.3, 0.4) is 0 Å². The summed E-state index contributed by atoms with van der Waals surface area (Å²) in [6.07, 6.45) is 3.18. The average molecular weight is 553 g/mol. The van der Waals surface area contributed by atoms with Crippen molar-refractivity contribution in [3.63, 3.8) is 0 Å². The summed E-state index contributed by atoms with van der Waals surface area (Å²) in [6, 6.07) is 8.92. The van der Waals surface area contributed by atoms with Crippen LogP contribution in [0.15, 0.2) is 53.7 Å². The Labute approximate surface area is 217 Å². The number of carbonyl (C=O) groups is 1. The maximum Gasteiger partial charge on any atom is 0.434 e. The first-order chi connectivity index (χ1) is 17.1. The van der Waals surface area contributed by atoms with Gasteiger partial charge in [-0.3, -0.25) is 4.79 Å². The van der Waals surface area contributed by atoms with Gasteiger partial charge in [-0.15, -0.1) is 0 Å². The van der Waals surface area contributed by atoms with E-state index in [1.54, 1.807) is 4.90 Å². The maximum absolute atomic E-state index is 13.6. The number of nitrogens with two attached hydrogens (primary N) is 1. The monoisotopic (exact) mass is 552 g/mol. The van der Waals surface area contributed by atoms with Crippen molar-refractivity contribution in [1.29, 1.82) is 0 Å². The second-order valence-corrected chi connectivity index (χ2v) is 10.7. The molecule has 0 saturated carbocycles. The first-order valence-corrected chi connectivity index (χ1v) is 13.1. The van der Waals surface area contributed by atoms with Crippen LogP contribution in [-0.4, -0.2) is 46.3 Å². The molecule has 0 fully saturated rings. The Bertz CT molecular complexity index is 1400. The van der Waals surface area contributed by atoms with Crippen molar-refractivity contribution in [2.75, 3.05) is 12.3 Å². The molecule has 1 aliphatic rings. The number of fused-ring (bicyclic) bond motifs is 1. The van der Waals surface area contributed by atoms with Crippen LogP contribution in [0, 0.1) is 10.1 Å². The smallest absolute Gasteiger partial charge is 0.398 e. The fraction of sp³-hybridized carbons (Fsp3) is 0.273. The molecule has 1 amide bonds. The number of anilines is 1. The molecule has 1 atom stereocenters. The lowest BCUT2D eigenvalue weighted by molar-refractivity contribution is -0.396. The number of halogens is 2. The predicted octanol–water partition coefficient (Wildman–Crippen LogP) is 3.00. The van der Waals surface area contributed by atoms with E-state index in [-0.39, 0.29) is 28.7 Å². The Kier molecular flexibility index (Phi) is 7.50. The molecule has 36 heavy (non-hydrogen) atoms. The van der Waals surface area contributed by atoms with Gasteiger partial charge in [0.1, 0.15) is 23.3 Å². The van der Waals surface area contributed by atoms with Gasteiger partial charge in [-0.25, -0.2) is 13.0 Å². The second-order valence-electron chi connectivity index (χ2n) is 8.22. The SMILES string of the molecule is Nc1cc(Cl)cc(Cl)c1S(=O)(=O)NC(CCn1ccnc1[N+](=O)[O-])C(=O)N1CCc2ccccc2C1. The maximum atomic E-state index is 13.6. The summed E-state index contributed by atoms with van der Waals surface area (Å²) >= 11 is 12.0. The number of benzene rings is 2. The van der Waals surface area contributed by atoms with E-state index >= 15 is 0 Å². The summed E-state index contributed by atoms with van der Waals surface area (Å²) in [5.41, 5.74) is 7.80. The standard InChI is InChI=1S/C22H22Cl2N6O5S/c23-16-11-17(24)20(18(25)12-16)36(34,35)27-19(6-9-28-10-7-26-22(28)30(32)33)21(31)29-8-5-14-3-1-2-4-15(14)13-29/h1-4,7,10-12,19,27H,5-6,8-9,13,25H2. The molecule has 3 aromatic rings. The number of nitrogens with one attached hydrogen (secondary N) is 1. The molecule has 0 radical (unpaired) electrons. The van der Waals surface area contributed by atoms with Crippen molar-refractivity contribution in [3.05, 3.63) is 80.1 Å². The van der Waals surface area contributed by atoms with Crippen LogP contribution in [0.2, 0.25) is 10.0 Å². The van der Waals surface area contributed by atoms with Crippen molar-refractivity contribution < 1.29 is 18.1 Å². The van der Waals surface area contributed by atoms with Gasteiger partial charge in [-0.2, -0.15) is 4.72 Å². The first-order valence-electron chi connectivity index (χ1n) is 10.8. The number of hydrogen-bond donors (Lipinski definition) is 2. The molecule has 14 heteroatoms. The summed E-state index contributed by atoms with van der Waals surface area (Å²) in [7, 11) is -4.37. The summed E-state index contributed by atoms with van der Waals surface area (Å²) in [6.45, 7) is 0.662. The van der Waals surface area contributed by atoms with Crippen molar-refractivity contribution in [2.45, 2.75) is 36.9 Å². The highest BCUT2D eigenvalue weighted by molar-refractivity contribution is 7.89. The molecule has 3 N–H and O–H groups in total. The fourth-order valence-corrected chi connectivity index (χ4v) is 6.37. The zero-order valence-electron chi connectivity index (χ0n) is 18.8. The number of amides is 1. The Morgan fingerprint density at radius 2 is 1.97 bits per heavy atom. The molecule has 1 aromatic heterocycles. The molecule has 2 heterocycles. The van der Waals surface area contributed by atoms with E-state index in [2.05, 4.69) is 9.71 Å². The highest BCUT2D eigenvalue weighted by Crippen LogP contribution is 2.31. The van der Waals surface area contributed by atoms with Gasteiger partial charge >= 0.3 is 5.95 Å². The third-order valence-electron chi connectivity index (χ3n) is 5.86. The van der Waals surface area contributed by atoms with Gasteiger partial charge in [-0.1, -0.05) is 52.5 Å². The summed E-state index contributed by atoms with van der Waals surface area (Å²) in [5.74, 6) is -0.888. The molecule has 0 aliphatic carbocycles. The Balaban J connectivity index is 1.63. The number of sulfonamides is 1. The highest BCUT2D eigenvalue weighted by atomic mass is 35.5. The van der Waals surface area contributed by atoms with Gasteiger partial charge in [0.05, 0.1) is 17.3 Å². The van der Waals surface area contributed by atoms with Crippen LogP contribution >= 0.6 is 23.2 Å². The largest absolute Gasteiger partial charge is 0.434 e. The van der Waals surface area contributed by atoms with Crippen LogP contribution in [0.4, 0.5) is 11.6 Å². The third kappa shape index (κ3) is 5.46. The average Bonchev–Trinajstić information content (AvgIpc) is 3.29. The fourth-order valence-electron chi connectivity index (χ4n) is 4.16. The van der Waals surface area contributed by atoms with E-state index < -0.39 is 37.7 Å². The zero-order chi connectivity index (χ0) is 26.0. The molecule has 4 rings (SSSR count). The Hall–Kier alpha value is -3.19. The van der Waals surface area contributed by atoms with Gasteiger partial charge in [0.2, 0.25) is 15.9 Å². The molecule has 190 valence electrons. The minimum Gasteiger partial charge on any atom is -0.398 e. The minimum atomic E-state index is -4.37. The van der Waals surface area contributed by atoms with Crippen LogP contribution in [0.25, 0.3) is 0 Å². The van der Waals surface area contributed by atoms with Crippen LogP contribution in [0.1, 0.15) is 17.5 Å². The number of nitro groups is 1. The topological polar surface area (TPSA) is 153 Å². The normalized spacial score (nSPS) is 14.3. The molecular formula is C22H22Cl2N6O5S. The van der Waals surface area contributed by atoms with Crippen molar-refractivity contribution >= 4 is 50.8 Å². The molecule has 2 aromatic carbocycles. The van der Waals surface area contributed by atoms with Crippen molar-refractivity contribution in [1.82, 2.24) is 19.2 Å². The Morgan fingerprint density at radius 1 is 1.25 bits per heavy atom. The third-order valence-corrected chi connectivity index (χ3v) is 8.08. The molecule has 1 aliphatic heterocycles. The molecule has 0 spiro atoms. The van der Waals surface area contributed by atoms with E-state index in [0.717, 1.165) is 11.1 Å². The van der Waals surface area contributed by atoms with Crippen molar-refractivity contribution in [2.24, 2.45) is 0 Å². The second kappa shape index (κ2) is 10.4. The molecular weight excluding hydrogens is 531 g/mol. The number of nitrogens with zero attached hydrogens (tertiary/aromatic N) is 4. The van der Waals surface area contributed by atoms with Gasteiger partial charge in [0.15, 0.2) is 0 Å². The number of hydrogen-bond acceptors (Lipinski definition) is 7.